The molecule has 0 amide bonds. The minimum atomic E-state index is 0.640. The van der Waals surface area contributed by atoms with E-state index in [0.29, 0.717) is 6.04 Å². The summed E-state index contributed by atoms with van der Waals surface area (Å²) in [6.45, 7) is 2.18. The van der Waals surface area contributed by atoms with E-state index in [4.69, 9.17) is 0 Å². The number of hydrogen-bond acceptors (Lipinski definition) is 1. The van der Waals surface area contributed by atoms with Gasteiger partial charge in [-0.2, -0.15) is 0 Å². The van der Waals surface area contributed by atoms with Crippen molar-refractivity contribution >= 4 is 10.9 Å². The molecule has 84 valence electrons. The Morgan fingerprint density at radius 1 is 1.38 bits per heavy atom. The van der Waals surface area contributed by atoms with E-state index in [1.807, 2.05) is 0 Å². The van der Waals surface area contributed by atoms with Crippen molar-refractivity contribution in [1.82, 2.24) is 10.3 Å². The molecule has 1 aliphatic carbocycles. The van der Waals surface area contributed by atoms with E-state index in [-0.39, 0.29) is 0 Å². The number of likely N-dealkylation sites (N-methyl/N-ethyl adjacent to an activating group) is 1. The number of aromatic nitrogens is 1. The van der Waals surface area contributed by atoms with Gasteiger partial charge in [-0.3, -0.25) is 0 Å². The molecule has 1 atom stereocenters. The average molecular weight is 214 g/mol. The molecule has 2 heteroatoms. The number of H-pyrrole nitrogens is 1. The van der Waals surface area contributed by atoms with E-state index < -0.39 is 0 Å². The topological polar surface area (TPSA) is 27.8 Å². The van der Waals surface area contributed by atoms with Gasteiger partial charge in [-0.05, 0) is 37.9 Å². The van der Waals surface area contributed by atoms with Gasteiger partial charge < -0.3 is 10.3 Å². The van der Waals surface area contributed by atoms with E-state index in [9.17, 15) is 0 Å². The molecule has 0 fully saturated rings. The van der Waals surface area contributed by atoms with Crippen LogP contribution in [0.25, 0.3) is 10.9 Å². The van der Waals surface area contributed by atoms with Crippen molar-refractivity contribution in [1.29, 1.82) is 0 Å². The largest absolute Gasteiger partial charge is 0.358 e. The zero-order chi connectivity index (χ0) is 11.1. The smallest absolute Gasteiger partial charge is 0.0488 e. The summed E-state index contributed by atoms with van der Waals surface area (Å²) in [7, 11) is 2.06. The first-order valence-corrected chi connectivity index (χ1v) is 6.06. The first-order valence-electron chi connectivity index (χ1n) is 6.06. The Kier molecular flexibility index (Phi) is 2.25. The number of hydrogen-bond donors (Lipinski definition) is 2. The second-order valence-electron chi connectivity index (χ2n) is 4.81. The lowest BCUT2D eigenvalue weighted by Crippen LogP contribution is -2.31. The third kappa shape index (κ3) is 1.37. The van der Waals surface area contributed by atoms with Gasteiger partial charge in [0.1, 0.15) is 0 Å². The maximum Gasteiger partial charge on any atom is 0.0488 e. The Balaban J connectivity index is 2.16. The molecule has 3 rings (SSSR count). The number of aromatic amines is 1. The lowest BCUT2D eigenvalue weighted by atomic mass is 9.92. The standard InChI is InChI=1S/C14H18N2/c1-9-4-3-5-12-11-7-6-10(15-2)8-13(11)16-14(9)12/h3-5,10,15-16H,6-8H2,1-2H3. The minimum Gasteiger partial charge on any atom is -0.358 e. The van der Waals surface area contributed by atoms with Gasteiger partial charge in [0.2, 0.25) is 0 Å². The van der Waals surface area contributed by atoms with Gasteiger partial charge in [-0.25, -0.2) is 0 Å². The first-order chi connectivity index (χ1) is 7.79. The molecule has 0 saturated heterocycles. The summed E-state index contributed by atoms with van der Waals surface area (Å²) in [5.74, 6) is 0. The molecule has 2 nitrogen and oxygen atoms in total. The highest BCUT2D eigenvalue weighted by atomic mass is 14.9. The molecule has 0 bridgehead atoms. The Morgan fingerprint density at radius 2 is 2.25 bits per heavy atom. The van der Waals surface area contributed by atoms with Crippen LogP contribution >= 0.6 is 0 Å². The van der Waals surface area contributed by atoms with Crippen LogP contribution in [0, 0.1) is 6.92 Å². The van der Waals surface area contributed by atoms with Gasteiger partial charge in [0.25, 0.3) is 0 Å². The molecule has 1 aliphatic rings. The predicted octanol–water partition coefficient (Wildman–Crippen LogP) is 2.55. The van der Waals surface area contributed by atoms with Gasteiger partial charge in [0.05, 0.1) is 0 Å². The van der Waals surface area contributed by atoms with Crippen LogP contribution in [0.5, 0.6) is 0 Å². The van der Waals surface area contributed by atoms with Crippen LogP contribution < -0.4 is 5.32 Å². The Labute approximate surface area is 96.1 Å². The summed E-state index contributed by atoms with van der Waals surface area (Å²) in [6.07, 6.45) is 3.59. The average Bonchev–Trinajstić information content (AvgIpc) is 2.68. The van der Waals surface area contributed by atoms with Gasteiger partial charge in [0, 0.05) is 29.1 Å². The third-order valence-corrected chi connectivity index (χ3v) is 3.84. The molecule has 0 saturated carbocycles. The summed E-state index contributed by atoms with van der Waals surface area (Å²) in [4.78, 5) is 3.61. The van der Waals surface area contributed by atoms with Crippen molar-refractivity contribution in [3.8, 4) is 0 Å². The lowest BCUT2D eigenvalue weighted by molar-refractivity contribution is 0.493. The van der Waals surface area contributed by atoms with Crippen LogP contribution in [0.4, 0.5) is 0 Å². The molecule has 2 aromatic rings. The second kappa shape index (κ2) is 3.63. The number of aryl methyl sites for hydroxylation is 2. The summed E-state index contributed by atoms with van der Waals surface area (Å²) in [5.41, 5.74) is 5.68. The molecule has 0 radical (unpaired) electrons. The van der Waals surface area contributed by atoms with Crippen LogP contribution in [0.15, 0.2) is 18.2 Å². The van der Waals surface area contributed by atoms with Crippen molar-refractivity contribution in [2.24, 2.45) is 0 Å². The van der Waals surface area contributed by atoms with Crippen molar-refractivity contribution in [3.05, 3.63) is 35.0 Å². The van der Waals surface area contributed by atoms with Crippen LogP contribution in [0.3, 0.4) is 0 Å². The first kappa shape index (κ1) is 9.91. The van der Waals surface area contributed by atoms with Crippen molar-refractivity contribution in [2.45, 2.75) is 32.2 Å². The summed E-state index contributed by atoms with van der Waals surface area (Å²) >= 11 is 0. The third-order valence-electron chi connectivity index (χ3n) is 3.84. The highest BCUT2D eigenvalue weighted by Crippen LogP contribution is 2.30. The molecule has 1 aromatic carbocycles. The van der Waals surface area contributed by atoms with Crippen LogP contribution in [0.1, 0.15) is 23.2 Å². The lowest BCUT2D eigenvalue weighted by Gasteiger charge is -2.21. The fourth-order valence-corrected chi connectivity index (χ4v) is 2.85. The SMILES string of the molecule is CNC1CCc2c([nH]c3c(C)cccc23)C1. The van der Waals surface area contributed by atoms with Crippen LogP contribution in [0.2, 0.25) is 0 Å². The molecule has 0 spiro atoms. The van der Waals surface area contributed by atoms with Crippen LogP contribution in [-0.2, 0) is 12.8 Å². The number of para-hydroxylation sites is 1. The number of benzene rings is 1. The molecular formula is C14H18N2. The second-order valence-corrected chi connectivity index (χ2v) is 4.81. The minimum absolute atomic E-state index is 0.640. The fraction of sp³-hybridized carbons (Fsp3) is 0.429. The maximum absolute atomic E-state index is 3.61. The van der Waals surface area contributed by atoms with Crippen molar-refractivity contribution < 1.29 is 0 Å². The van der Waals surface area contributed by atoms with Crippen molar-refractivity contribution in [2.75, 3.05) is 7.05 Å². The molecule has 1 heterocycles. The molecule has 1 unspecified atom stereocenters. The van der Waals surface area contributed by atoms with Crippen LogP contribution in [-0.4, -0.2) is 18.1 Å². The molecule has 0 aliphatic heterocycles. The van der Waals surface area contributed by atoms with E-state index in [1.165, 1.54) is 35.0 Å². The number of fused-ring (bicyclic) bond motifs is 3. The normalized spacial score (nSPS) is 20.0. The Morgan fingerprint density at radius 3 is 3.06 bits per heavy atom. The predicted molar refractivity (Wildman–Crippen MR) is 67.9 cm³/mol. The number of nitrogens with one attached hydrogen (secondary N) is 2. The zero-order valence-electron chi connectivity index (χ0n) is 9.93. The van der Waals surface area contributed by atoms with E-state index in [2.05, 4.69) is 42.5 Å². The molecule has 16 heavy (non-hydrogen) atoms. The Hall–Kier alpha value is -1.28. The Bertz CT molecular complexity index is 525. The van der Waals surface area contributed by atoms with E-state index >= 15 is 0 Å². The van der Waals surface area contributed by atoms with Crippen molar-refractivity contribution in [3.63, 3.8) is 0 Å². The van der Waals surface area contributed by atoms with Gasteiger partial charge >= 0.3 is 0 Å². The summed E-state index contributed by atoms with van der Waals surface area (Å²) in [5, 5.41) is 4.82. The molecule has 2 N–H and O–H groups in total. The zero-order valence-corrected chi connectivity index (χ0v) is 9.93. The molecular weight excluding hydrogens is 196 g/mol. The molecule has 1 aromatic heterocycles. The van der Waals surface area contributed by atoms with Gasteiger partial charge in [-0.15, -0.1) is 0 Å². The summed E-state index contributed by atoms with van der Waals surface area (Å²) < 4.78 is 0. The maximum atomic E-state index is 3.61. The highest BCUT2D eigenvalue weighted by Gasteiger charge is 2.21. The highest BCUT2D eigenvalue weighted by molar-refractivity contribution is 5.87. The van der Waals surface area contributed by atoms with Gasteiger partial charge in [0.15, 0.2) is 0 Å². The van der Waals surface area contributed by atoms with E-state index in [0.717, 1.165) is 6.42 Å². The monoisotopic (exact) mass is 214 g/mol. The van der Waals surface area contributed by atoms with E-state index in [1.54, 1.807) is 5.56 Å². The fourth-order valence-electron chi connectivity index (χ4n) is 2.85. The number of rotatable bonds is 1. The van der Waals surface area contributed by atoms with Gasteiger partial charge in [-0.1, -0.05) is 18.2 Å². The summed E-state index contributed by atoms with van der Waals surface area (Å²) in [6, 6.07) is 7.23. The quantitative estimate of drug-likeness (QED) is 0.750.